The van der Waals surface area contributed by atoms with Crippen LogP contribution in [0.4, 0.5) is 0 Å². The normalized spacial score (nSPS) is 15.6. The molecule has 0 bridgehead atoms. The summed E-state index contributed by atoms with van der Waals surface area (Å²) >= 11 is 7.87. The van der Waals surface area contributed by atoms with E-state index < -0.39 is 0 Å². The summed E-state index contributed by atoms with van der Waals surface area (Å²) in [6.45, 7) is 9.78. The summed E-state index contributed by atoms with van der Waals surface area (Å²) in [4.78, 5) is 30.8. The number of fused-ring (bicyclic) bond motifs is 1. The molecule has 2 amide bonds. The van der Waals surface area contributed by atoms with Crippen LogP contribution in [-0.2, 0) is 16.0 Å². The number of aryl methyl sites for hydroxylation is 1. The van der Waals surface area contributed by atoms with Gasteiger partial charge in [0, 0.05) is 29.4 Å². The average Bonchev–Trinajstić information content (AvgIpc) is 3.25. The van der Waals surface area contributed by atoms with Crippen molar-refractivity contribution in [3.05, 3.63) is 50.7 Å². The molecular weight excluding hydrogens is 444 g/mol. The van der Waals surface area contributed by atoms with Gasteiger partial charge in [-0.1, -0.05) is 32.4 Å². The van der Waals surface area contributed by atoms with E-state index >= 15 is 0 Å². The van der Waals surface area contributed by atoms with E-state index in [-0.39, 0.29) is 24.4 Å². The molecule has 0 saturated carbocycles. The molecule has 2 aromatic rings. The number of halogens is 1. The first-order valence-corrected chi connectivity index (χ1v) is 12.6. The predicted molar refractivity (Wildman–Crippen MR) is 130 cm³/mol. The molecule has 5 nitrogen and oxygen atoms in total. The first-order chi connectivity index (χ1) is 15.3. The highest BCUT2D eigenvalue weighted by atomic mass is 35.5. The summed E-state index contributed by atoms with van der Waals surface area (Å²) in [5.74, 6) is 1.22. The predicted octanol–water partition coefficient (Wildman–Crippen LogP) is 5.50. The minimum absolute atomic E-state index is 0.0201. The number of benzene rings is 1. The van der Waals surface area contributed by atoms with E-state index in [1.165, 1.54) is 4.88 Å². The highest BCUT2D eigenvalue weighted by Gasteiger charge is 2.33. The quantitative estimate of drug-likeness (QED) is 0.480. The summed E-state index contributed by atoms with van der Waals surface area (Å²) < 4.78 is 6.11. The van der Waals surface area contributed by atoms with Crippen LogP contribution in [0.15, 0.2) is 29.6 Å². The van der Waals surface area contributed by atoms with E-state index in [4.69, 9.17) is 16.3 Å². The molecule has 1 unspecified atom stereocenters. The SMILES string of the molecule is CCC(=O)N(CCC(C)C)CC(=O)N1CCc2sccc2C1COc1ccc(Cl)c(C)c1. The van der Waals surface area contributed by atoms with E-state index in [1.807, 2.05) is 36.9 Å². The number of ether oxygens (including phenoxy) is 1. The molecule has 1 atom stereocenters. The Labute approximate surface area is 200 Å². The largest absolute Gasteiger partial charge is 0.491 e. The third kappa shape index (κ3) is 6.04. The Hall–Kier alpha value is -2.05. The van der Waals surface area contributed by atoms with Gasteiger partial charge in [0.25, 0.3) is 0 Å². The van der Waals surface area contributed by atoms with Crippen LogP contribution in [0.25, 0.3) is 0 Å². The first kappa shape index (κ1) is 24.6. The van der Waals surface area contributed by atoms with Crippen molar-refractivity contribution in [3.63, 3.8) is 0 Å². The lowest BCUT2D eigenvalue weighted by Gasteiger charge is -2.37. The van der Waals surface area contributed by atoms with Crippen molar-refractivity contribution < 1.29 is 14.3 Å². The molecule has 32 heavy (non-hydrogen) atoms. The summed E-state index contributed by atoms with van der Waals surface area (Å²) in [6, 6.07) is 7.52. The van der Waals surface area contributed by atoms with Gasteiger partial charge in [0.15, 0.2) is 0 Å². The maximum Gasteiger partial charge on any atom is 0.242 e. The molecule has 0 radical (unpaired) electrons. The van der Waals surface area contributed by atoms with Crippen molar-refractivity contribution in [2.45, 2.75) is 53.0 Å². The monoisotopic (exact) mass is 476 g/mol. The minimum atomic E-state index is -0.169. The second kappa shape index (κ2) is 11.2. The van der Waals surface area contributed by atoms with Crippen LogP contribution in [0, 0.1) is 12.8 Å². The average molecular weight is 477 g/mol. The van der Waals surface area contributed by atoms with Gasteiger partial charge in [-0.15, -0.1) is 11.3 Å². The number of thiophene rings is 1. The van der Waals surface area contributed by atoms with E-state index in [0.29, 0.717) is 37.1 Å². The van der Waals surface area contributed by atoms with Gasteiger partial charge in [0.1, 0.15) is 12.4 Å². The zero-order valence-corrected chi connectivity index (χ0v) is 21.0. The van der Waals surface area contributed by atoms with Gasteiger partial charge >= 0.3 is 0 Å². The van der Waals surface area contributed by atoms with E-state index in [0.717, 1.165) is 29.7 Å². The lowest BCUT2D eigenvalue weighted by Crippen LogP contribution is -2.48. The highest BCUT2D eigenvalue weighted by Crippen LogP contribution is 2.34. The Morgan fingerprint density at radius 1 is 1.31 bits per heavy atom. The van der Waals surface area contributed by atoms with Crippen LogP contribution in [0.1, 0.15) is 55.7 Å². The molecule has 0 saturated heterocycles. The van der Waals surface area contributed by atoms with Crippen molar-refractivity contribution in [1.82, 2.24) is 9.80 Å². The maximum atomic E-state index is 13.4. The van der Waals surface area contributed by atoms with Crippen molar-refractivity contribution in [2.75, 3.05) is 26.2 Å². The lowest BCUT2D eigenvalue weighted by molar-refractivity contribution is -0.142. The molecule has 0 spiro atoms. The molecule has 0 aliphatic carbocycles. The molecule has 3 rings (SSSR count). The van der Waals surface area contributed by atoms with Crippen LogP contribution < -0.4 is 4.74 Å². The molecule has 174 valence electrons. The Kier molecular flexibility index (Phi) is 8.60. The zero-order chi connectivity index (χ0) is 23.3. The molecule has 1 aliphatic heterocycles. The standard InChI is InChI=1S/C25H33ClN2O3S/c1-5-24(29)27(11-8-17(2)3)15-25(30)28-12-9-23-20(10-13-32-23)22(28)16-31-19-6-7-21(26)18(4)14-19/h6-7,10,13-14,17,22H,5,8-9,11-12,15-16H2,1-4H3. The fourth-order valence-corrected chi connectivity index (χ4v) is 4.99. The smallest absolute Gasteiger partial charge is 0.242 e. The number of carbonyl (C=O) groups is 2. The maximum absolute atomic E-state index is 13.4. The van der Waals surface area contributed by atoms with Gasteiger partial charge in [-0.25, -0.2) is 0 Å². The Bertz CT molecular complexity index is 943. The van der Waals surface area contributed by atoms with E-state index in [1.54, 1.807) is 16.2 Å². The lowest BCUT2D eigenvalue weighted by atomic mass is 10.00. The number of rotatable bonds is 9. The third-order valence-electron chi connectivity index (χ3n) is 5.91. The van der Waals surface area contributed by atoms with E-state index in [9.17, 15) is 9.59 Å². The molecule has 0 N–H and O–H groups in total. The van der Waals surface area contributed by atoms with Gasteiger partial charge in [-0.3, -0.25) is 9.59 Å². The molecule has 1 aromatic carbocycles. The molecular formula is C25H33ClN2O3S. The van der Waals surface area contributed by atoms with E-state index in [2.05, 4.69) is 25.3 Å². The molecule has 2 heterocycles. The third-order valence-corrected chi connectivity index (χ3v) is 7.33. The van der Waals surface area contributed by atoms with Gasteiger partial charge in [0.05, 0.1) is 12.6 Å². The topological polar surface area (TPSA) is 49.9 Å². The van der Waals surface area contributed by atoms with Gasteiger partial charge in [-0.2, -0.15) is 0 Å². The van der Waals surface area contributed by atoms with Gasteiger partial charge < -0.3 is 14.5 Å². The van der Waals surface area contributed by atoms with Crippen LogP contribution in [-0.4, -0.2) is 47.9 Å². The number of nitrogens with zero attached hydrogens (tertiary/aromatic N) is 2. The van der Waals surface area contributed by atoms with Crippen molar-refractivity contribution in [3.8, 4) is 5.75 Å². The molecule has 0 fully saturated rings. The summed E-state index contributed by atoms with van der Waals surface area (Å²) in [7, 11) is 0. The van der Waals surface area contributed by atoms with Gasteiger partial charge in [-0.05, 0) is 66.5 Å². The van der Waals surface area contributed by atoms with Gasteiger partial charge in [0.2, 0.25) is 11.8 Å². The summed E-state index contributed by atoms with van der Waals surface area (Å²) in [6.07, 6.45) is 2.13. The zero-order valence-electron chi connectivity index (χ0n) is 19.4. The second-order valence-electron chi connectivity index (χ2n) is 8.73. The fourth-order valence-electron chi connectivity index (χ4n) is 3.94. The Morgan fingerprint density at radius 2 is 2.09 bits per heavy atom. The van der Waals surface area contributed by atoms with Crippen molar-refractivity contribution >= 4 is 34.8 Å². The summed E-state index contributed by atoms with van der Waals surface area (Å²) in [5.41, 5.74) is 2.10. The number of amides is 2. The van der Waals surface area contributed by atoms with Crippen LogP contribution >= 0.6 is 22.9 Å². The highest BCUT2D eigenvalue weighted by molar-refractivity contribution is 7.10. The molecule has 7 heteroatoms. The number of carbonyl (C=O) groups excluding carboxylic acids is 2. The molecule has 1 aromatic heterocycles. The van der Waals surface area contributed by atoms with Crippen LogP contribution in [0.5, 0.6) is 5.75 Å². The van der Waals surface area contributed by atoms with Crippen LogP contribution in [0.2, 0.25) is 5.02 Å². The Balaban J connectivity index is 1.75. The van der Waals surface area contributed by atoms with Crippen LogP contribution in [0.3, 0.4) is 0 Å². The van der Waals surface area contributed by atoms with Crippen molar-refractivity contribution in [2.24, 2.45) is 5.92 Å². The molecule has 1 aliphatic rings. The van der Waals surface area contributed by atoms with Crippen molar-refractivity contribution in [1.29, 1.82) is 0 Å². The Morgan fingerprint density at radius 3 is 2.78 bits per heavy atom. The number of hydrogen-bond donors (Lipinski definition) is 0. The second-order valence-corrected chi connectivity index (χ2v) is 10.1. The first-order valence-electron chi connectivity index (χ1n) is 11.3. The minimum Gasteiger partial charge on any atom is -0.491 e. The number of hydrogen-bond acceptors (Lipinski definition) is 4. The summed E-state index contributed by atoms with van der Waals surface area (Å²) in [5, 5.41) is 2.78. The fraction of sp³-hybridized carbons (Fsp3) is 0.520.